The topological polar surface area (TPSA) is 52.6 Å². The molecule has 4 heteroatoms. The molecule has 0 spiro atoms. The monoisotopic (exact) mass is 390 g/mol. The second-order valence-corrected chi connectivity index (χ2v) is 7.82. The van der Waals surface area contributed by atoms with Crippen LogP contribution in [-0.2, 0) is 25.5 Å². The number of carbonyl (C=O) groups is 2. The van der Waals surface area contributed by atoms with Gasteiger partial charge in [0, 0.05) is 0 Å². The van der Waals surface area contributed by atoms with Crippen LogP contribution in [0.1, 0.15) is 37.0 Å². The summed E-state index contributed by atoms with van der Waals surface area (Å²) in [5.41, 5.74) is 5.57. The van der Waals surface area contributed by atoms with E-state index in [2.05, 4.69) is 37.3 Å². The lowest BCUT2D eigenvalue weighted by Crippen LogP contribution is -2.39. The lowest BCUT2D eigenvalue weighted by atomic mass is 9.83. The van der Waals surface area contributed by atoms with E-state index in [9.17, 15) is 9.59 Å². The third-order valence-electron chi connectivity index (χ3n) is 5.95. The summed E-state index contributed by atoms with van der Waals surface area (Å²) in [6, 6.07) is 14.7. The van der Waals surface area contributed by atoms with Crippen molar-refractivity contribution in [1.29, 1.82) is 0 Å². The highest BCUT2D eigenvalue weighted by Crippen LogP contribution is 2.52. The molecule has 0 heterocycles. The Labute approximate surface area is 171 Å². The molecular weight excluding hydrogens is 364 g/mol. The Morgan fingerprint density at radius 2 is 1.62 bits per heavy atom. The second kappa shape index (κ2) is 7.51. The van der Waals surface area contributed by atoms with Gasteiger partial charge in [-0.3, -0.25) is 9.59 Å². The van der Waals surface area contributed by atoms with Gasteiger partial charge in [-0.1, -0.05) is 54.1 Å². The average Bonchev–Trinajstić information content (AvgIpc) is 3.05. The molecule has 0 radical (unpaired) electrons. The van der Waals surface area contributed by atoms with Gasteiger partial charge < -0.3 is 9.47 Å². The first-order valence-corrected chi connectivity index (χ1v) is 10.3. The molecule has 0 saturated heterocycles. The molecule has 0 aromatic heterocycles. The van der Waals surface area contributed by atoms with Crippen molar-refractivity contribution in [1.82, 2.24) is 0 Å². The fourth-order valence-corrected chi connectivity index (χ4v) is 4.66. The van der Waals surface area contributed by atoms with Crippen LogP contribution in [0.4, 0.5) is 0 Å². The zero-order valence-corrected chi connectivity index (χ0v) is 17.2. The van der Waals surface area contributed by atoms with Gasteiger partial charge in [0.05, 0.1) is 13.2 Å². The molecule has 1 atom stereocenters. The summed E-state index contributed by atoms with van der Waals surface area (Å²) < 4.78 is 10.6. The van der Waals surface area contributed by atoms with Crippen LogP contribution >= 0.6 is 0 Å². The molecule has 0 amide bonds. The summed E-state index contributed by atoms with van der Waals surface area (Å²) in [6.07, 6.45) is 2.98. The van der Waals surface area contributed by atoms with E-state index in [0.29, 0.717) is 6.42 Å². The fourth-order valence-electron chi connectivity index (χ4n) is 4.66. The van der Waals surface area contributed by atoms with Crippen LogP contribution < -0.4 is 0 Å². The van der Waals surface area contributed by atoms with Crippen molar-refractivity contribution in [2.75, 3.05) is 13.2 Å². The first-order valence-electron chi connectivity index (χ1n) is 10.3. The average molecular weight is 390 g/mol. The Morgan fingerprint density at radius 1 is 0.966 bits per heavy atom. The molecule has 0 aliphatic heterocycles. The molecule has 4 rings (SSSR count). The molecule has 0 N–H and O–H groups in total. The Hall–Kier alpha value is -2.88. The number of hydrogen-bond acceptors (Lipinski definition) is 4. The summed E-state index contributed by atoms with van der Waals surface area (Å²) in [4.78, 5) is 25.9. The van der Waals surface area contributed by atoms with Gasteiger partial charge in [0.25, 0.3) is 0 Å². The van der Waals surface area contributed by atoms with Crippen molar-refractivity contribution in [3.05, 3.63) is 65.2 Å². The highest BCUT2D eigenvalue weighted by Gasteiger charge is 2.54. The lowest BCUT2D eigenvalue weighted by molar-refractivity contribution is -0.168. The predicted octanol–water partition coefficient (Wildman–Crippen LogP) is 4.73. The number of allylic oxidation sites excluding steroid dienone is 1. The van der Waals surface area contributed by atoms with E-state index in [-0.39, 0.29) is 19.1 Å². The minimum Gasteiger partial charge on any atom is -0.465 e. The van der Waals surface area contributed by atoms with Crippen molar-refractivity contribution < 1.29 is 19.1 Å². The molecular formula is C25H26O4. The largest absolute Gasteiger partial charge is 0.465 e. The van der Waals surface area contributed by atoms with Gasteiger partial charge in [-0.05, 0) is 67.4 Å². The molecule has 29 heavy (non-hydrogen) atoms. The summed E-state index contributed by atoms with van der Waals surface area (Å²) >= 11 is 0. The SMILES string of the molecule is CCOC(=O)C1(C(=O)OCC)C=C2c3ccccc3-c3cc(C)ccc3CC2C1. The third kappa shape index (κ3) is 3.17. The summed E-state index contributed by atoms with van der Waals surface area (Å²) in [5, 5.41) is 0. The zero-order valence-electron chi connectivity index (χ0n) is 17.2. The van der Waals surface area contributed by atoms with Crippen molar-refractivity contribution >= 4 is 17.5 Å². The Kier molecular flexibility index (Phi) is 5.03. The van der Waals surface area contributed by atoms with E-state index in [4.69, 9.17) is 9.47 Å². The molecule has 2 aliphatic rings. The van der Waals surface area contributed by atoms with E-state index in [0.717, 1.165) is 23.1 Å². The van der Waals surface area contributed by atoms with Crippen LogP contribution in [0, 0.1) is 18.3 Å². The number of fused-ring (bicyclic) bond motifs is 5. The number of hydrogen-bond donors (Lipinski definition) is 0. The fraction of sp³-hybridized carbons (Fsp3) is 0.360. The summed E-state index contributed by atoms with van der Waals surface area (Å²) in [6.45, 7) is 6.06. The maximum absolute atomic E-state index is 12.9. The van der Waals surface area contributed by atoms with Crippen LogP contribution in [-0.4, -0.2) is 25.2 Å². The summed E-state index contributed by atoms with van der Waals surface area (Å²) in [5.74, 6) is -0.977. The normalized spacial score (nSPS) is 18.6. The maximum atomic E-state index is 12.9. The molecule has 2 aromatic rings. The number of esters is 2. The van der Waals surface area contributed by atoms with E-state index in [1.54, 1.807) is 13.8 Å². The van der Waals surface area contributed by atoms with Gasteiger partial charge in [-0.15, -0.1) is 0 Å². The highest BCUT2D eigenvalue weighted by atomic mass is 16.6. The third-order valence-corrected chi connectivity index (χ3v) is 5.95. The minimum absolute atomic E-state index is 0.0499. The Bertz CT molecular complexity index is 984. The van der Waals surface area contributed by atoms with Crippen molar-refractivity contribution in [3.63, 3.8) is 0 Å². The van der Waals surface area contributed by atoms with Crippen LogP contribution in [0.5, 0.6) is 0 Å². The molecule has 0 bridgehead atoms. The quantitative estimate of drug-likeness (QED) is 0.559. The predicted molar refractivity (Wildman–Crippen MR) is 112 cm³/mol. The first kappa shape index (κ1) is 19.4. The standard InChI is InChI=1S/C25H26O4/c1-4-28-23(26)25(24(27)29-5-2)14-18-13-17-11-10-16(3)12-21(17)19-8-6-7-9-20(19)22(18)15-25/h6-12,15,18H,4-5,13-14H2,1-3H3. The van der Waals surface area contributed by atoms with Crippen molar-refractivity contribution in [2.45, 2.75) is 33.6 Å². The maximum Gasteiger partial charge on any atom is 0.327 e. The van der Waals surface area contributed by atoms with E-state index >= 15 is 0 Å². The molecule has 2 aromatic carbocycles. The number of rotatable bonds is 4. The van der Waals surface area contributed by atoms with Gasteiger partial charge in [-0.2, -0.15) is 0 Å². The van der Waals surface area contributed by atoms with Gasteiger partial charge in [0.2, 0.25) is 0 Å². The summed E-state index contributed by atoms with van der Waals surface area (Å²) in [7, 11) is 0. The Morgan fingerprint density at radius 3 is 2.28 bits per heavy atom. The molecule has 2 aliphatic carbocycles. The van der Waals surface area contributed by atoms with Gasteiger partial charge in [0.15, 0.2) is 5.41 Å². The van der Waals surface area contributed by atoms with Crippen LogP contribution in [0.15, 0.2) is 48.5 Å². The van der Waals surface area contributed by atoms with Crippen LogP contribution in [0.3, 0.4) is 0 Å². The number of aryl methyl sites for hydroxylation is 1. The molecule has 150 valence electrons. The molecule has 0 fully saturated rings. The number of carbonyl (C=O) groups excluding carboxylic acids is 2. The Balaban J connectivity index is 1.90. The van der Waals surface area contributed by atoms with Gasteiger partial charge in [-0.25, -0.2) is 0 Å². The zero-order chi connectivity index (χ0) is 20.6. The van der Waals surface area contributed by atoms with Gasteiger partial charge >= 0.3 is 11.9 Å². The van der Waals surface area contributed by atoms with Crippen molar-refractivity contribution in [3.8, 4) is 11.1 Å². The van der Waals surface area contributed by atoms with E-state index in [1.807, 2.05) is 18.2 Å². The highest BCUT2D eigenvalue weighted by molar-refractivity contribution is 6.06. The minimum atomic E-state index is -1.37. The second-order valence-electron chi connectivity index (χ2n) is 7.82. The van der Waals surface area contributed by atoms with Crippen molar-refractivity contribution in [2.24, 2.45) is 11.3 Å². The molecule has 1 unspecified atom stereocenters. The number of benzene rings is 2. The van der Waals surface area contributed by atoms with E-state index < -0.39 is 17.4 Å². The first-order chi connectivity index (χ1) is 14.0. The van der Waals surface area contributed by atoms with E-state index in [1.165, 1.54) is 16.7 Å². The number of ether oxygens (including phenoxy) is 2. The lowest BCUT2D eigenvalue weighted by Gasteiger charge is -2.24. The molecule has 4 nitrogen and oxygen atoms in total. The van der Waals surface area contributed by atoms with Gasteiger partial charge in [0.1, 0.15) is 0 Å². The van der Waals surface area contributed by atoms with Crippen LogP contribution in [0.25, 0.3) is 16.7 Å². The molecule has 0 saturated carbocycles. The van der Waals surface area contributed by atoms with Crippen LogP contribution in [0.2, 0.25) is 0 Å². The smallest absolute Gasteiger partial charge is 0.327 e.